The van der Waals surface area contributed by atoms with E-state index in [0.29, 0.717) is 4.20 Å². The van der Waals surface area contributed by atoms with Gasteiger partial charge in [-0.15, -0.1) is 12.6 Å². The van der Waals surface area contributed by atoms with Crippen LogP contribution in [0.4, 0.5) is 0 Å². The van der Waals surface area contributed by atoms with Gasteiger partial charge in [0.2, 0.25) is 0 Å². The summed E-state index contributed by atoms with van der Waals surface area (Å²) in [5, 5.41) is 0. The van der Waals surface area contributed by atoms with Crippen LogP contribution >= 0.6 is 24.8 Å². The Morgan fingerprint density at radius 3 is 2.00 bits per heavy atom. The molecule has 1 aromatic rings. The first-order chi connectivity index (χ1) is 4.30. The average Bonchev–Trinajstić information content (AvgIpc) is 1.90. The number of hydrogen-bond acceptors (Lipinski definition) is 2. The van der Waals surface area contributed by atoms with E-state index >= 15 is 0 Å². The molecule has 3 N–H and O–H groups in total. The van der Waals surface area contributed by atoms with Crippen molar-refractivity contribution in [1.82, 2.24) is 6.15 Å². The van der Waals surface area contributed by atoms with Crippen molar-refractivity contribution in [1.29, 1.82) is 0 Å². The molecule has 0 heterocycles. The predicted octanol–water partition coefficient (Wildman–Crippen LogP) is 2.45. The molecule has 0 unspecified atom stereocenters. The first kappa shape index (κ1) is 9.62. The summed E-state index contributed by atoms with van der Waals surface area (Å²) in [4.78, 5) is 0. The minimum absolute atomic E-state index is 0. The summed E-state index contributed by atoms with van der Waals surface area (Å²) in [5.74, 6) is 0. The van der Waals surface area contributed by atoms with Gasteiger partial charge in [-0.05, 0) is 5.56 Å². The Balaban J connectivity index is 0.000000810. The van der Waals surface area contributed by atoms with Gasteiger partial charge < -0.3 is 6.15 Å². The van der Waals surface area contributed by atoms with E-state index in [1.807, 2.05) is 30.3 Å². The summed E-state index contributed by atoms with van der Waals surface area (Å²) in [7, 11) is 0. The Bertz CT molecular complexity index is 208. The molecule has 0 amide bonds. The Hall–Kier alpha value is -0.380. The Morgan fingerprint density at radius 2 is 1.70 bits per heavy atom. The summed E-state index contributed by atoms with van der Waals surface area (Å²) in [5.41, 5.74) is 1.01. The molecule has 0 saturated heterocycles. The van der Waals surface area contributed by atoms with Gasteiger partial charge >= 0.3 is 0 Å². The van der Waals surface area contributed by atoms with Crippen LogP contribution in [0.1, 0.15) is 5.56 Å². The fourth-order valence-electron chi connectivity index (χ4n) is 0.581. The van der Waals surface area contributed by atoms with Crippen molar-refractivity contribution in [2.45, 2.75) is 0 Å². The van der Waals surface area contributed by atoms with Gasteiger partial charge in [-0.3, -0.25) is 0 Å². The third kappa shape index (κ3) is 2.47. The van der Waals surface area contributed by atoms with Crippen molar-refractivity contribution in [3.05, 3.63) is 35.9 Å². The van der Waals surface area contributed by atoms with E-state index in [0.717, 1.165) is 5.56 Å². The maximum atomic E-state index is 4.83. The molecule has 54 valence electrons. The highest BCUT2D eigenvalue weighted by molar-refractivity contribution is 8.11. The molecule has 10 heavy (non-hydrogen) atoms. The van der Waals surface area contributed by atoms with Crippen molar-refractivity contribution in [2.75, 3.05) is 0 Å². The van der Waals surface area contributed by atoms with Gasteiger partial charge in [-0.2, -0.15) is 0 Å². The summed E-state index contributed by atoms with van der Waals surface area (Å²) in [6.07, 6.45) is 0. The summed E-state index contributed by atoms with van der Waals surface area (Å²) in [6.45, 7) is 0. The minimum atomic E-state index is 0. The van der Waals surface area contributed by atoms with Gasteiger partial charge in [-0.25, -0.2) is 0 Å². The van der Waals surface area contributed by atoms with Crippen molar-refractivity contribution < 1.29 is 0 Å². The summed E-state index contributed by atoms with van der Waals surface area (Å²) < 4.78 is 0.649. The molecule has 0 saturated carbocycles. The average molecular weight is 171 g/mol. The predicted molar refractivity (Wildman–Crippen MR) is 52.2 cm³/mol. The molecule has 0 bridgehead atoms. The zero-order chi connectivity index (χ0) is 6.69. The van der Waals surface area contributed by atoms with Crippen LogP contribution in [0.2, 0.25) is 0 Å². The van der Waals surface area contributed by atoms with E-state index in [1.54, 1.807) is 0 Å². The summed E-state index contributed by atoms with van der Waals surface area (Å²) in [6, 6.07) is 9.72. The van der Waals surface area contributed by atoms with E-state index in [-0.39, 0.29) is 6.15 Å². The highest BCUT2D eigenvalue weighted by Crippen LogP contribution is 2.02. The van der Waals surface area contributed by atoms with Crippen LogP contribution in [0.3, 0.4) is 0 Å². The lowest BCUT2D eigenvalue weighted by atomic mass is 10.2. The van der Waals surface area contributed by atoms with Crippen molar-refractivity contribution in [3.8, 4) is 0 Å². The standard InChI is InChI=1S/C7H6S2.H3N/c8-7(9)6-4-2-1-3-5-6;/h1-5H,(H,8,9);1H3. The topological polar surface area (TPSA) is 35.0 Å². The lowest BCUT2D eigenvalue weighted by Crippen LogP contribution is -1.83. The lowest BCUT2D eigenvalue weighted by Gasteiger charge is -1.91. The number of hydrogen-bond donors (Lipinski definition) is 2. The van der Waals surface area contributed by atoms with E-state index in [4.69, 9.17) is 12.2 Å². The zero-order valence-corrected chi connectivity index (χ0v) is 7.16. The van der Waals surface area contributed by atoms with Gasteiger partial charge in [0.25, 0.3) is 0 Å². The maximum absolute atomic E-state index is 4.83. The number of thiol groups is 1. The molecule has 1 aromatic carbocycles. The van der Waals surface area contributed by atoms with E-state index < -0.39 is 0 Å². The Labute approximate surface area is 71.4 Å². The van der Waals surface area contributed by atoms with Gasteiger partial charge in [0, 0.05) is 0 Å². The molecular weight excluding hydrogens is 162 g/mol. The normalized spacial score (nSPS) is 8.10. The lowest BCUT2D eigenvalue weighted by molar-refractivity contribution is 1.69. The molecule has 0 atom stereocenters. The van der Waals surface area contributed by atoms with Crippen molar-refractivity contribution in [3.63, 3.8) is 0 Å². The van der Waals surface area contributed by atoms with Gasteiger partial charge in [-0.1, -0.05) is 42.5 Å². The smallest absolute Gasteiger partial charge is 0.0747 e. The highest BCUT2D eigenvalue weighted by atomic mass is 32.1. The van der Waals surface area contributed by atoms with Crippen LogP contribution in [-0.2, 0) is 0 Å². The summed E-state index contributed by atoms with van der Waals surface area (Å²) >= 11 is 8.85. The second-order valence-electron chi connectivity index (χ2n) is 1.67. The molecule has 0 aromatic heterocycles. The monoisotopic (exact) mass is 171 g/mol. The van der Waals surface area contributed by atoms with Crippen LogP contribution in [0.5, 0.6) is 0 Å². The Morgan fingerprint density at radius 1 is 1.20 bits per heavy atom. The molecule has 0 radical (unpaired) electrons. The molecule has 0 aliphatic carbocycles. The maximum Gasteiger partial charge on any atom is 0.0747 e. The minimum Gasteiger partial charge on any atom is -0.344 e. The first-order valence-electron chi connectivity index (χ1n) is 2.59. The second-order valence-corrected chi connectivity index (χ2v) is 2.83. The third-order valence-electron chi connectivity index (χ3n) is 1.02. The van der Waals surface area contributed by atoms with Gasteiger partial charge in [0.05, 0.1) is 4.20 Å². The fourth-order valence-corrected chi connectivity index (χ4v) is 0.866. The van der Waals surface area contributed by atoms with Gasteiger partial charge in [0.15, 0.2) is 0 Å². The first-order valence-corrected chi connectivity index (χ1v) is 3.44. The molecule has 0 spiro atoms. The third-order valence-corrected chi connectivity index (χ3v) is 1.51. The van der Waals surface area contributed by atoms with Gasteiger partial charge in [0.1, 0.15) is 0 Å². The Kier molecular flexibility index (Phi) is 4.27. The largest absolute Gasteiger partial charge is 0.344 e. The molecule has 0 aliphatic rings. The zero-order valence-electron chi connectivity index (χ0n) is 5.45. The van der Waals surface area contributed by atoms with Crippen molar-refractivity contribution in [2.24, 2.45) is 0 Å². The number of benzene rings is 1. The van der Waals surface area contributed by atoms with Crippen LogP contribution in [0.25, 0.3) is 0 Å². The van der Waals surface area contributed by atoms with Crippen LogP contribution < -0.4 is 6.15 Å². The SMILES string of the molecule is N.S=C(S)c1ccccc1. The van der Waals surface area contributed by atoms with E-state index in [1.165, 1.54) is 0 Å². The molecule has 3 heteroatoms. The molecule has 1 rings (SSSR count). The van der Waals surface area contributed by atoms with Crippen LogP contribution in [0.15, 0.2) is 30.3 Å². The van der Waals surface area contributed by atoms with E-state index in [9.17, 15) is 0 Å². The molecule has 1 nitrogen and oxygen atoms in total. The van der Waals surface area contributed by atoms with Crippen LogP contribution in [0, 0.1) is 0 Å². The molecule has 0 fully saturated rings. The van der Waals surface area contributed by atoms with Crippen LogP contribution in [-0.4, -0.2) is 4.20 Å². The second kappa shape index (κ2) is 4.44. The number of rotatable bonds is 1. The molecular formula is C7H9NS2. The van der Waals surface area contributed by atoms with E-state index in [2.05, 4.69) is 12.6 Å². The fraction of sp³-hybridized carbons (Fsp3) is 0. The quantitative estimate of drug-likeness (QED) is 0.503. The van der Waals surface area contributed by atoms with Crippen molar-refractivity contribution >= 4 is 29.0 Å². The highest BCUT2D eigenvalue weighted by Gasteiger charge is 1.89. The number of thiocarbonyl (C=S) groups is 1. The molecule has 0 aliphatic heterocycles.